The number of carbonyl (C=O) groups is 2. The van der Waals surface area contributed by atoms with E-state index in [9.17, 15) is 14.7 Å². The maximum Gasteiger partial charge on any atom is 0.311 e. The molecule has 0 bridgehead atoms. The van der Waals surface area contributed by atoms with E-state index in [4.69, 9.17) is 0 Å². The molecule has 0 saturated heterocycles. The van der Waals surface area contributed by atoms with Crippen molar-refractivity contribution in [2.24, 2.45) is 5.41 Å². The van der Waals surface area contributed by atoms with Gasteiger partial charge in [-0.25, -0.2) is 9.97 Å². The molecule has 0 aliphatic heterocycles. The van der Waals surface area contributed by atoms with Crippen molar-refractivity contribution >= 4 is 11.9 Å². The average molecular weight is 265 g/mol. The Morgan fingerprint density at radius 2 is 2.00 bits per heavy atom. The molecule has 19 heavy (non-hydrogen) atoms. The van der Waals surface area contributed by atoms with E-state index in [0.717, 1.165) is 0 Å². The minimum absolute atomic E-state index is 0.0997. The lowest BCUT2D eigenvalue weighted by atomic mass is 9.82. The molecule has 0 spiro atoms. The fourth-order valence-corrected chi connectivity index (χ4v) is 1.84. The summed E-state index contributed by atoms with van der Waals surface area (Å²) in [5.74, 6) is -1.23. The van der Waals surface area contributed by atoms with Crippen molar-refractivity contribution in [1.82, 2.24) is 15.3 Å². The number of rotatable bonds is 6. The summed E-state index contributed by atoms with van der Waals surface area (Å²) in [5, 5.41) is 11.9. The zero-order valence-electron chi connectivity index (χ0n) is 11.4. The standard InChI is InChI=1S/C13H19N3O3/c1-4-13(5-2,12(18)19)7-15-11(17)10-6-14-8-16-9(10)3/h6,8H,4-5,7H2,1-3H3,(H,15,17)(H,18,19). The fraction of sp³-hybridized carbons (Fsp3) is 0.538. The first-order valence-electron chi connectivity index (χ1n) is 6.25. The van der Waals surface area contributed by atoms with Crippen molar-refractivity contribution in [3.8, 4) is 0 Å². The molecule has 0 aliphatic carbocycles. The number of nitrogens with one attached hydrogen (secondary N) is 1. The minimum atomic E-state index is -0.917. The number of aromatic nitrogens is 2. The van der Waals surface area contributed by atoms with Crippen LogP contribution in [0.5, 0.6) is 0 Å². The number of aryl methyl sites for hydroxylation is 1. The number of carboxylic acids is 1. The first-order chi connectivity index (χ1) is 8.96. The van der Waals surface area contributed by atoms with E-state index in [1.54, 1.807) is 20.8 Å². The third-order valence-electron chi connectivity index (χ3n) is 3.55. The molecule has 0 aliphatic rings. The maximum absolute atomic E-state index is 12.0. The van der Waals surface area contributed by atoms with Gasteiger partial charge in [0.2, 0.25) is 0 Å². The molecule has 2 N–H and O–H groups in total. The second kappa shape index (κ2) is 6.26. The van der Waals surface area contributed by atoms with Gasteiger partial charge in [0.25, 0.3) is 5.91 Å². The van der Waals surface area contributed by atoms with Gasteiger partial charge in [-0.15, -0.1) is 0 Å². The fourth-order valence-electron chi connectivity index (χ4n) is 1.84. The Labute approximate surface area is 112 Å². The van der Waals surface area contributed by atoms with E-state index < -0.39 is 11.4 Å². The lowest BCUT2D eigenvalue weighted by Gasteiger charge is -2.26. The summed E-state index contributed by atoms with van der Waals surface area (Å²) in [6.07, 6.45) is 3.72. The van der Waals surface area contributed by atoms with Gasteiger partial charge in [0.1, 0.15) is 6.33 Å². The zero-order valence-corrected chi connectivity index (χ0v) is 11.4. The monoisotopic (exact) mass is 265 g/mol. The topological polar surface area (TPSA) is 92.2 Å². The maximum atomic E-state index is 12.0. The largest absolute Gasteiger partial charge is 0.481 e. The Kier molecular flexibility index (Phi) is 4.97. The summed E-state index contributed by atoms with van der Waals surface area (Å²) in [5.41, 5.74) is 0.0227. The highest BCUT2D eigenvalue weighted by Gasteiger charge is 2.35. The van der Waals surface area contributed by atoms with E-state index in [1.165, 1.54) is 12.5 Å². The van der Waals surface area contributed by atoms with Gasteiger partial charge in [-0.3, -0.25) is 9.59 Å². The van der Waals surface area contributed by atoms with Crippen molar-refractivity contribution in [1.29, 1.82) is 0 Å². The molecule has 6 nitrogen and oxygen atoms in total. The molecule has 1 heterocycles. The Morgan fingerprint density at radius 1 is 1.37 bits per heavy atom. The normalized spacial score (nSPS) is 11.1. The van der Waals surface area contributed by atoms with Gasteiger partial charge in [-0.05, 0) is 19.8 Å². The molecular weight excluding hydrogens is 246 g/mol. The van der Waals surface area contributed by atoms with Gasteiger partial charge in [0.05, 0.1) is 16.7 Å². The second-order valence-electron chi connectivity index (χ2n) is 4.50. The van der Waals surface area contributed by atoms with Gasteiger partial charge in [-0.1, -0.05) is 13.8 Å². The Balaban J connectivity index is 2.79. The van der Waals surface area contributed by atoms with Crippen LogP contribution >= 0.6 is 0 Å². The molecule has 0 fully saturated rings. The predicted molar refractivity (Wildman–Crippen MR) is 69.8 cm³/mol. The van der Waals surface area contributed by atoms with E-state index in [1.807, 2.05) is 0 Å². The quantitative estimate of drug-likeness (QED) is 0.811. The van der Waals surface area contributed by atoms with Crippen LogP contribution in [0.25, 0.3) is 0 Å². The van der Waals surface area contributed by atoms with Crippen LogP contribution in [0.1, 0.15) is 42.7 Å². The lowest BCUT2D eigenvalue weighted by Crippen LogP contribution is -2.42. The first-order valence-corrected chi connectivity index (χ1v) is 6.25. The minimum Gasteiger partial charge on any atom is -0.481 e. The molecule has 6 heteroatoms. The molecule has 104 valence electrons. The van der Waals surface area contributed by atoms with Crippen LogP contribution in [0.15, 0.2) is 12.5 Å². The van der Waals surface area contributed by atoms with Crippen LogP contribution in [-0.2, 0) is 4.79 Å². The van der Waals surface area contributed by atoms with Crippen molar-refractivity contribution in [2.45, 2.75) is 33.6 Å². The number of hydrogen-bond acceptors (Lipinski definition) is 4. The van der Waals surface area contributed by atoms with Gasteiger partial charge in [-0.2, -0.15) is 0 Å². The molecule has 1 aromatic heterocycles. The van der Waals surface area contributed by atoms with Gasteiger partial charge >= 0.3 is 5.97 Å². The number of carbonyl (C=O) groups excluding carboxylic acids is 1. The van der Waals surface area contributed by atoms with Gasteiger partial charge in [0, 0.05) is 12.7 Å². The summed E-state index contributed by atoms with van der Waals surface area (Å²) in [6.45, 7) is 5.42. The SMILES string of the molecule is CCC(CC)(CNC(=O)c1cncnc1C)C(=O)O. The predicted octanol–water partition coefficient (Wildman–Crippen LogP) is 1.41. The molecule has 0 radical (unpaired) electrons. The first kappa shape index (κ1) is 15.1. The van der Waals surface area contributed by atoms with Crippen LogP contribution < -0.4 is 5.32 Å². The summed E-state index contributed by atoms with van der Waals surface area (Å²) in [6, 6.07) is 0. The number of hydrogen-bond donors (Lipinski definition) is 2. The summed E-state index contributed by atoms with van der Waals surface area (Å²) in [7, 11) is 0. The second-order valence-corrected chi connectivity index (χ2v) is 4.50. The summed E-state index contributed by atoms with van der Waals surface area (Å²) < 4.78 is 0. The van der Waals surface area contributed by atoms with E-state index in [0.29, 0.717) is 24.1 Å². The molecular formula is C13H19N3O3. The average Bonchev–Trinajstić information content (AvgIpc) is 2.40. The third kappa shape index (κ3) is 3.27. The Hall–Kier alpha value is -1.98. The highest BCUT2D eigenvalue weighted by atomic mass is 16.4. The van der Waals surface area contributed by atoms with E-state index in [-0.39, 0.29) is 12.5 Å². The number of carboxylic acid groups (broad SMARTS) is 1. The molecule has 0 unspecified atom stereocenters. The third-order valence-corrected chi connectivity index (χ3v) is 3.55. The highest BCUT2D eigenvalue weighted by Crippen LogP contribution is 2.25. The van der Waals surface area contributed by atoms with Gasteiger partial charge < -0.3 is 10.4 Å². The van der Waals surface area contributed by atoms with E-state index >= 15 is 0 Å². The van der Waals surface area contributed by atoms with Crippen LogP contribution in [0.4, 0.5) is 0 Å². The molecule has 1 rings (SSSR count). The smallest absolute Gasteiger partial charge is 0.311 e. The van der Waals surface area contributed by atoms with Crippen molar-refractivity contribution in [3.63, 3.8) is 0 Å². The van der Waals surface area contributed by atoms with Crippen molar-refractivity contribution in [3.05, 3.63) is 23.8 Å². The Bertz CT molecular complexity index is 470. The number of nitrogens with zero attached hydrogens (tertiary/aromatic N) is 2. The van der Waals surface area contributed by atoms with Crippen molar-refractivity contribution < 1.29 is 14.7 Å². The Morgan fingerprint density at radius 3 is 2.47 bits per heavy atom. The number of aliphatic carboxylic acids is 1. The van der Waals surface area contributed by atoms with Crippen LogP contribution in [0, 0.1) is 12.3 Å². The lowest BCUT2D eigenvalue weighted by molar-refractivity contribution is -0.149. The molecule has 1 amide bonds. The van der Waals surface area contributed by atoms with Gasteiger partial charge in [0.15, 0.2) is 0 Å². The van der Waals surface area contributed by atoms with E-state index in [2.05, 4.69) is 15.3 Å². The molecule has 0 atom stereocenters. The molecule has 1 aromatic rings. The van der Waals surface area contributed by atoms with Crippen molar-refractivity contribution in [2.75, 3.05) is 6.54 Å². The molecule has 0 aromatic carbocycles. The molecule has 0 saturated carbocycles. The van der Waals surface area contributed by atoms with Crippen LogP contribution in [-0.4, -0.2) is 33.5 Å². The highest BCUT2D eigenvalue weighted by molar-refractivity contribution is 5.95. The summed E-state index contributed by atoms with van der Waals surface area (Å²) in [4.78, 5) is 31.0. The van der Waals surface area contributed by atoms with Crippen LogP contribution in [0.2, 0.25) is 0 Å². The number of amides is 1. The summed E-state index contributed by atoms with van der Waals surface area (Å²) >= 11 is 0. The van der Waals surface area contributed by atoms with Crippen LogP contribution in [0.3, 0.4) is 0 Å². The zero-order chi connectivity index (χ0) is 14.5.